The van der Waals surface area contributed by atoms with Crippen LogP contribution in [0.15, 0.2) is 90.3 Å². The van der Waals surface area contributed by atoms with Crippen molar-refractivity contribution in [1.29, 1.82) is 0 Å². The molecule has 4 aromatic rings. The Bertz CT molecular complexity index is 1160. The summed E-state index contributed by atoms with van der Waals surface area (Å²) >= 11 is 1.35. The first-order valence-electron chi connectivity index (χ1n) is 9.80. The molecule has 0 saturated carbocycles. The van der Waals surface area contributed by atoms with Gasteiger partial charge in [0.25, 0.3) is 5.91 Å². The van der Waals surface area contributed by atoms with E-state index in [1.807, 2.05) is 66.9 Å². The Morgan fingerprint density at radius 1 is 0.767 bits per heavy atom. The number of thiophene rings is 1. The summed E-state index contributed by atoms with van der Waals surface area (Å²) in [6.45, 7) is 1.95. The average Bonchev–Trinajstić information content (AvgIpc) is 3.32. The van der Waals surface area contributed by atoms with E-state index in [0.717, 1.165) is 21.9 Å². The zero-order valence-corrected chi connectivity index (χ0v) is 17.4. The fraction of sp³-hybridized carbons (Fsp3) is 0.120. The van der Waals surface area contributed by atoms with Gasteiger partial charge in [-0.15, -0.1) is 11.3 Å². The molecule has 0 bridgehead atoms. The van der Waals surface area contributed by atoms with Gasteiger partial charge in [-0.05, 0) is 46.3 Å². The summed E-state index contributed by atoms with van der Waals surface area (Å²) in [7, 11) is 0. The number of rotatable bonds is 6. The number of hydrogen-bond acceptors (Lipinski definition) is 3. The lowest BCUT2D eigenvalue weighted by Crippen LogP contribution is -2.41. The zero-order chi connectivity index (χ0) is 20.9. The molecule has 150 valence electrons. The molecule has 0 fully saturated rings. The number of fused-ring (bicyclic) bond motifs is 1. The Morgan fingerprint density at radius 3 is 2.23 bits per heavy atom. The van der Waals surface area contributed by atoms with Crippen molar-refractivity contribution in [2.45, 2.75) is 19.0 Å². The van der Waals surface area contributed by atoms with Gasteiger partial charge in [0.2, 0.25) is 5.91 Å². The monoisotopic (exact) mass is 414 g/mol. The Kier molecular flexibility index (Phi) is 5.91. The van der Waals surface area contributed by atoms with Crippen molar-refractivity contribution in [2.75, 3.05) is 0 Å². The molecule has 2 amide bonds. The second kappa shape index (κ2) is 8.93. The smallest absolute Gasteiger partial charge is 0.262 e. The minimum atomic E-state index is -0.774. The van der Waals surface area contributed by atoms with Gasteiger partial charge in [-0.3, -0.25) is 9.59 Å². The van der Waals surface area contributed by atoms with E-state index in [0.29, 0.717) is 4.88 Å². The number of benzene rings is 3. The topological polar surface area (TPSA) is 58.2 Å². The van der Waals surface area contributed by atoms with E-state index in [2.05, 4.69) is 34.9 Å². The van der Waals surface area contributed by atoms with E-state index in [4.69, 9.17) is 0 Å². The number of hydrogen-bond donors (Lipinski definition) is 2. The average molecular weight is 415 g/mol. The molecule has 0 aliphatic rings. The highest BCUT2D eigenvalue weighted by atomic mass is 32.1. The van der Waals surface area contributed by atoms with E-state index < -0.39 is 6.04 Å². The summed E-state index contributed by atoms with van der Waals surface area (Å²) < 4.78 is 0. The fourth-order valence-corrected chi connectivity index (χ4v) is 4.04. The van der Waals surface area contributed by atoms with Gasteiger partial charge in [0.1, 0.15) is 6.04 Å². The Labute approximate surface area is 179 Å². The van der Waals surface area contributed by atoms with Crippen molar-refractivity contribution in [3.63, 3.8) is 0 Å². The van der Waals surface area contributed by atoms with E-state index in [1.165, 1.54) is 11.3 Å². The summed E-state index contributed by atoms with van der Waals surface area (Å²) in [6.07, 6.45) is 0. The quantitative estimate of drug-likeness (QED) is 0.453. The van der Waals surface area contributed by atoms with Gasteiger partial charge in [0.15, 0.2) is 0 Å². The minimum absolute atomic E-state index is 0.202. The van der Waals surface area contributed by atoms with E-state index in [1.54, 1.807) is 6.07 Å². The zero-order valence-electron chi connectivity index (χ0n) is 16.5. The first kappa shape index (κ1) is 19.9. The van der Waals surface area contributed by atoms with Crippen LogP contribution in [-0.2, 0) is 4.79 Å². The molecule has 0 spiro atoms. The maximum atomic E-state index is 13.2. The van der Waals surface area contributed by atoms with Gasteiger partial charge in [0.05, 0.1) is 10.9 Å². The molecule has 0 aliphatic heterocycles. The van der Waals surface area contributed by atoms with Crippen LogP contribution < -0.4 is 10.6 Å². The van der Waals surface area contributed by atoms with Gasteiger partial charge in [0, 0.05) is 0 Å². The lowest BCUT2D eigenvalue weighted by molar-refractivity contribution is -0.123. The summed E-state index contributed by atoms with van der Waals surface area (Å²) in [5.74, 6) is -0.501. The van der Waals surface area contributed by atoms with Crippen LogP contribution in [0.4, 0.5) is 0 Å². The first-order valence-corrected chi connectivity index (χ1v) is 10.7. The predicted molar refractivity (Wildman–Crippen MR) is 121 cm³/mol. The van der Waals surface area contributed by atoms with Gasteiger partial charge >= 0.3 is 0 Å². The number of carbonyl (C=O) groups is 2. The molecule has 2 atom stereocenters. The standard InChI is InChI=1S/C25H22N2O2S/c1-17(20-14-13-18-8-5-6-11-21(18)16-20)26-25(29)23(19-9-3-2-4-10-19)27-24(28)22-12-7-15-30-22/h2-17,23H,1H3,(H,26,29)(H,27,28)/t17-,23-/m0/s1. The van der Waals surface area contributed by atoms with Gasteiger partial charge in [-0.2, -0.15) is 0 Å². The number of carbonyl (C=O) groups excluding carboxylic acids is 2. The molecular formula is C25H22N2O2S. The van der Waals surface area contributed by atoms with Crippen LogP contribution in [0.5, 0.6) is 0 Å². The number of amides is 2. The third-order valence-corrected chi connectivity index (χ3v) is 5.92. The van der Waals surface area contributed by atoms with Gasteiger partial charge in [-0.1, -0.05) is 72.8 Å². The lowest BCUT2D eigenvalue weighted by atomic mass is 10.0. The SMILES string of the molecule is C[C@H](NC(=O)[C@@H](NC(=O)c1cccs1)c1ccccc1)c1ccc2ccccc2c1. The van der Waals surface area contributed by atoms with Crippen LogP contribution in [0.3, 0.4) is 0 Å². The summed E-state index contributed by atoms with van der Waals surface area (Å²) in [5.41, 5.74) is 1.75. The molecule has 1 heterocycles. The molecule has 0 saturated heterocycles. The Morgan fingerprint density at radius 2 is 1.50 bits per heavy atom. The summed E-state index contributed by atoms with van der Waals surface area (Å²) in [6, 6.07) is 26.2. The molecule has 0 radical (unpaired) electrons. The third-order valence-electron chi connectivity index (χ3n) is 5.05. The maximum Gasteiger partial charge on any atom is 0.262 e. The normalized spacial score (nSPS) is 12.8. The van der Waals surface area contributed by atoms with Crippen molar-refractivity contribution in [3.05, 3.63) is 106 Å². The van der Waals surface area contributed by atoms with Crippen LogP contribution in [0.2, 0.25) is 0 Å². The molecule has 4 nitrogen and oxygen atoms in total. The molecule has 0 unspecified atom stereocenters. The van der Waals surface area contributed by atoms with E-state index in [-0.39, 0.29) is 17.9 Å². The first-order chi connectivity index (χ1) is 14.6. The molecular weight excluding hydrogens is 392 g/mol. The fourth-order valence-electron chi connectivity index (χ4n) is 3.41. The highest BCUT2D eigenvalue weighted by molar-refractivity contribution is 7.12. The van der Waals surface area contributed by atoms with E-state index >= 15 is 0 Å². The number of nitrogens with one attached hydrogen (secondary N) is 2. The minimum Gasteiger partial charge on any atom is -0.347 e. The van der Waals surface area contributed by atoms with Crippen LogP contribution in [-0.4, -0.2) is 11.8 Å². The molecule has 5 heteroatoms. The summed E-state index contributed by atoms with van der Waals surface area (Å²) in [5, 5.41) is 10.1. The predicted octanol–water partition coefficient (Wildman–Crippen LogP) is 5.25. The van der Waals surface area contributed by atoms with Crippen molar-refractivity contribution >= 4 is 33.9 Å². The van der Waals surface area contributed by atoms with Crippen molar-refractivity contribution in [2.24, 2.45) is 0 Å². The third kappa shape index (κ3) is 4.42. The molecule has 30 heavy (non-hydrogen) atoms. The molecule has 0 aliphatic carbocycles. The van der Waals surface area contributed by atoms with Crippen LogP contribution in [0.25, 0.3) is 10.8 Å². The molecule has 2 N–H and O–H groups in total. The van der Waals surface area contributed by atoms with Crippen molar-refractivity contribution in [3.8, 4) is 0 Å². The Balaban J connectivity index is 1.55. The largest absolute Gasteiger partial charge is 0.347 e. The van der Waals surface area contributed by atoms with Crippen molar-refractivity contribution in [1.82, 2.24) is 10.6 Å². The van der Waals surface area contributed by atoms with Gasteiger partial charge < -0.3 is 10.6 Å². The van der Waals surface area contributed by atoms with Gasteiger partial charge in [-0.25, -0.2) is 0 Å². The molecule has 3 aromatic carbocycles. The highest BCUT2D eigenvalue weighted by Crippen LogP contribution is 2.22. The second-order valence-corrected chi connectivity index (χ2v) is 8.08. The molecule has 1 aromatic heterocycles. The van der Waals surface area contributed by atoms with E-state index in [9.17, 15) is 9.59 Å². The second-order valence-electron chi connectivity index (χ2n) is 7.13. The van der Waals surface area contributed by atoms with Crippen LogP contribution >= 0.6 is 11.3 Å². The Hall–Kier alpha value is -3.44. The van der Waals surface area contributed by atoms with Crippen LogP contribution in [0, 0.1) is 0 Å². The highest BCUT2D eigenvalue weighted by Gasteiger charge is 2.25. The van der Waals surface area contributed by atoms with Crippen LogP contribution in [0.1, 0.15) is 39.8 Å². The molecule has 4 rings (SSSR count). The lowest BCUT2D eigenvalue weighted by Gasteiger charge is -2.22. The summed E-state index contributed by atoms with van der Waals surface area (Å²) in [4.78, 5) is 26.4. The maximum absolute atomic E-state index is 13.2. The van der Waals surface area contributed by atoms with Crippen molar-refractivity contribution < 1.29 is 9.59 Å².